The van der Waals surface area contributed by atoms with Gasteiger partial charge in [0.15, 0.2) is 0 Å². The van der Waals surface area contributed by atoms with E-state index in [9.17, 15) is 17.1 Å². The largest absolute Gasteiger partial charge is 0.310 e. The van der Waals surface area contributed by atoms with E-state index in [1.807, 2.05) is 0 Å². The molecule has 0 aliphatic carbocycles. The van der Waals surface area contributed by atoms with Gasteiger partial charge in [-0.3, -0.25) is 4.79 Å². The SMILES string of the molecule is O=C1CC(S(=O)(=O)F)CN1c1cc(Cl)ccc1-c1nn[nH]n1. The summed E-state index contributed by atoms with van der Waals surface area (Å²) in [5.41, 5.74) is 0.744. The van der Waals surface area contributed by atoms with Gasteiger partial charge in [-0.1, -0.05) is 11.6 Å². The van der Waals surface area contributed by atoms with Crippen LogP contribution >= 0.6 is 11.6 Å². The summed E-state index contributed by atoms with van der Waals surface area (Å²) in [6, 6.07) is 4.62. The number of nitrogens with one attached hydrogen (secondary N) is 1. The molecule has 1 N–H and O–H groups in total. The highest BCUT2D eigenvalue weighted by atomic mass is 35.5. The van der Waals surface area contributed by atoms with E-state index in [1.165, 1.54) is 11.0 Å². The number of tetrazole rings is 1. The Morgan fingerprint density at radius 1 is 1.41 bits per heavy atom. The van der Waals surface area contributed by atoms with Gasteiger partial charge in [-0.05, 0) is 23.4 Å². The monoisotopic (exact) mass is 345 g/mol. The molecule has 1 aliphatic heterocycles. The lowest BCUT2D eigenvalue weighted by molar-refractivity contribution is -0.117. The van der Waals surface area contributed by atoms with E-state index in [1.54, 1.807) is 12.1 Å². The molecule has 1 aromatic heterocycles. The van der Waals surface area contributed by atoms with Gasteiger partial charge in [0.05, 0.1) is 5.69 Å². The second-order valence-corrected chi connectivity index (χ2v) is 6.76. The molecule has 3 rings (SSSR count). The predicted molar refractivity (Wildman–Crippen MR) is 75.4 cm³/mol. The summed E-state index contributed by atoms with van der Waals surface area (Å²) in [6.45, 7) is -0.289. The molecule has 2 heterocycles. The highest BCUT2D eigenvalue weighted by molar-refractivity contribution is 7.87. The van der Waals surface area contributed by atoms with Crippen LogP contribution in [0, 0.1) is 0 Å². The molecule has 0 spiro atoms. The van der Waals surface area contributed by atoms with Gasteiger partial charge >= 0.3 is 10.2 Å². The van der Waals surface area contributed by atoms with Crippen LogP contribution in [0.15, 0.2) is 18.2 Å². The van der Waals surface area contributed by atoms with Gasteiger partial charge in [-0.2, -0.15) is 13.6 Å². The van der Waals surface area contributed by atoms with Gasteiger partial charge < -0.3 is 4.90 Å². The maximum Gasteiger partial charge on any atom is 0.307 e. The number of hydrogen-bond acceptors (Lipinski definition) is 6. The molecular formula is C11H9ClFN5O3S. The topological polar surface area (TPSA) is 109 Å². The van der Waals surface area contributed by atoms with Crippen LogP contribution in [0.3, 0.4) is 0 Å². The second-order valence-electron chi connectivity index (χ2n) is 4.70. The third-order valence-corrected chi connectivity index (χ3v) is 4.67. The lowest BCUT2D eigenvalue weighted by Crippen LogP contribution is -2.27. The number of amides is 1. The molecule has 1 fully saturated rings. The zero-order chi connectivity index (χ0) is 15.9. The first kappa shape index (κ1) is 14.9. The van der Waals surface area contributed by atoms with Crippen molar-refractivity contribution in [1.29, 1.82) is 0 Å². The molecular weight excluding hydrogens is 337 g/mol. The van der Waals surface area contributed by atoms with Crippen molar-refractivity contribution in [2.45, 2.75) is 11.7 Å². The molecule has 1 aliphatic rings. The van der Waals surface area contributed by atoms with Gasteiger partial charge in [0.1, 0.15) is 5.25 Å². The van der Waals surface area contributed by atoms with E-state index >= 15 is 0 Å². The minimum Gasteiger partial charge on any atom is -0.310 e. The van der Waals surface area contributed by atoms with Gasteiger partial charge in [0.25, 0.3) is 0 Å². The van der Waals surface area contributed by atoms with Crippen LogP contribution in [0.1, 0.15) is 6.42 Å². The maximum atomic E-state index is 13.1. The molecule has 0 bridgehead atoms. The molecule has 1 atom stereocenters. The Morgan fingerprint density at radius 3 is 2.77 bits per heavy atom. The first-order chi connectivity index (χ1) is 10.4. The van der Waals surface area contributed by atoms with Crippen molar-refractivity contribution in [1.82, 2.24) is 20.6 Å². The molecule has 1 aromatic carbocycles. The normalized spacial score (nSPS) is 18.9. The van der Waals surface area contributed by atoms with Crippen LogP contribution in [-0.4, -0.2) is 46.7 Å². The average Bonchev–Trinajstić information content (AvgIpc) is 3.07. The number of aromatic amines is 1. The Labute approximate surface area is 129 Å². The highest BCUT2D eigenvalue weighted by Crippen LogP contribution is 2.34. The molecule has 11 heteroatoms. The highest BCUT2D eigenvalue weighted by Gasteiger charge is 2.40. The number of carbonyl (C=O) groups excluding carboxylic acids is 1. The minimum atomic E-state index is -4.80. The Balaban J connectivity index is 2.05. The molecule has 1 saturated heterocycles. The Kier molecular flexibility index (Phi) is 3.57. The number of rotatable bonds is 3. The number of benzene rings is 1. The van der Waals surface area contributed by atoms with Crippen LogP contribution in [0.4, 0.5) is 9.57 Å². The van der Waals surface area contributed by atoms with Gasteiger partial charge in [-0.15, -0.1) is 14.1 Å². The van der Waals surface area contributed by atoms with Crippen molar-refractivity contribution < 1.29 is 17.1 Å². The summed E-state index contributed by atoms with van der Waals surface area (Å²) in [7, 11) is -4.80. The molecule has 1 unspecified atom stereocenters. The summed E-state index contributed by atoms with van der Waals surface area (Å²) in [6.07, 6.45) is -0.420. The van der Waals surface area contributed by atoms with E-state index in [2.05, 4.69) is 20.6 Å². The number of halogens is 2. The van der Waals surface area contributed by atoms with Crippen LogP contribution in [0.25, 0.3) is 11.4 Å². The van der Waals surface area contributed by atoms with Crippen LogP contribution < -0.4 is 4.90 Å². The zero-order valence-electron chi connectivity index (χ0n) is 10.9. The number of hydrogen-bond donors (Lipinski definition) is 1. The third-order valence-electron chi connectivity index (χ3n) is 3.32. The lowest BCUT2D eigenvalue weighted by Gasteiger charge is -2.19. The molecule has 8 nitrogen and oxygen atoms in total. The maximum absolute atomic E-state index is 13.1. The smallest absolute Gasteiger partial charge is 0.307 e. The summed E-state index contributed by atoms with van der Waals surface area (Å²) in [5.74, 6) is -0.302. The van der Waals surface area contributed by atoms with Crippen LogP contribution in [-0.2, 0) is 15.0 Å². The Morgan fingerprint density at radius 2 is 2.18 bits per heavy atom. The zero-order valence-corrected chi connectivity index (χ0v) is 12.5. The number of H-pyrrole nitrogens is 1. The standard InChI is InChI=1S/C11H9ClFN5O3S/c12-6-1-2-8(11-14-16-17-15-11)9(3-6)18-5-7(4-10(18)19)22(13,20)21/h1-3,7H,4-5H2,(H,14,15,16,17). The third kappa shape index (κ3) is 2.66. The van der Waals surface area contributed by atoms with Crippen LogP contribution in [0.2, 0.25) is 5.02 Å². The molecule has 22 heavy (non-hydrogen) atoms. The van der Waals surface area contributed by atoms with E-state index in [0.717, 1.165) is 0 Å². The van der Waals surface area contributed by atoms with E-state index in [-0.39, 0.29) is 12.4 Å². The molecule has 1 amide bonds. The molecule has 0 saturated carbocycles. The van der Waals surface area contributed by atoms with Crippen LogP contribution in [0.5, 0.6) is 0 Å². The summed E-state index contributed by atoms with van der Waals surface area (Å²) in [4.78, 5) is 13.2. The quantitative estimate of drug-likeness (QED) is 0.829. The van der Waals surface area contributed by atoms with Crippen molar-refractivity contribution in [3.05, 3.63) is 23.2 Å². The first-order valence-corrected chi connectivity index (χ1v) is 7.96. The summed E-state index contributed by atoms with van der Waals surface area (Å²) in [5, 5.41) is 12.3. The molecule has 0 radical (unpaired) electrons. The van der Waals surface area contributed by atoms with Crippen molar-refractivity contribution >= 4 is 33.4 Å². The second kappa shape index (κ2) is 5.29. The molecule has 116 valence electrons. The minimum absolute atomic E-state index is 0.214. The first-order valence-electron chi connectivity index (χ1n) is 6.13. The number of carbonyl (C=O) groups is 1. The Hall–Kier alpha value is -2.07. The number of aromatic nitrogens is 4. The Bertz CT molecular complexity index is 826. The number of nitrogens with zero attached hydrogens (tertiary/aromatic N) is 4. The van der Waals surface area contributed by atoms with Crippen molar-refractivity contribution in [2.24, 2.45) is 0 Å². The fraction of sp³-hybridized carbons (Fsp3) is 0.273. The average molecular weight is 346 g/mol. The predicted octanol–water partition coefficient (Wildman–Crippen LogP) is 0.925. The summed E-state index contributed by atoms with van der Waals surface area (Å²) >= 11 is 5.94. The van der Waals surface area contributed by atoms with Crippen molar-refractivity contribution in [3.8, 4) is 11.4 Å². The van der Waals surface area contributed by atoms with E-state index in [4.69, 9.17) is 11.6 Å². The van der Waals surface area contributed by atoms with Crippen molar-refractivity contribution in [3.63, 3.8) is 0 Å². The van der Waals surface area contributed by atoms with Gasteiger partial charge in [0, 0.05) is 23.6 Å². The van der Waals surface area contributed by atoms with E-state index < -0.39 is 27.8 Å². The van der Waals surface area contributed by atoms with Gasteiger partial charge in [0.2, 0.25) is 11.7 Å². The van der Waals surface area contributed by atoms with Gasteiger partial charge in [-0.25, -0.2) is 0 Å². The fourth-order valence-corrected chi connectivity index (χ4v) is 3.12. The number of anilines is 1. The van der Waals surface area contributed by atoms with Crippen molar-refractivity contribution in [2.75, 3.05) is 11.4 Å². The molecule has 2 aromatic rings. The summed E-state index contributed by atoms with van der Waals surface area (Å²) < 4.78 is 35.2. The fourth-order valence-electron chi connectivity index (χ4n) is 2.29. The van der Waals surface area contributed by atoms with E-state index in [0.29, 0.717) is 16.3 Å². The lowest BCUT2D eigenvalue weighted by atomic mass is 10.1.